The van der Waals surface area contributed by atoms with Crippen molar-refractivity contribution >= 4 is 17.1 Å². The Labute approximate surface area is 127 Å². The van der Waals surface area contributed by atoms with Crippen molar-refractivity contribution < 1.29 is 13.9 Å². The molecule has 0 N–H and O–H groups in total. The maximum Gasteiger partial charge on any atom is 0.314 e. The van der Waals surface area contributed by atoms with Crippen LogP contribution < -0.4 is 4.74 Å². The number of hydrogen-bond donors (Lipinski definition) is 0. The van der Waals surface area contributed by atoms with Crippen LogP contribution in [-0.4, -0.2) is 11.0 Å². The zero-order chi connectivity index (χ0) is 14.9. The second-order valence-corrected chi connectivity index (χ2v) is 5.56. The number of benzene rings is 2. The van der Waals surface area contributed by atoms with Gasteiger partial charge in [0.1, 0.15) is 11.3 Å². The van der Waals surface area contributed by atoms with Crippen LogP contribution in [0, 0.1) is 5.92 Å². The molecule has 0 unspecified atom stereocenters. The van der Waals surface area contributed by atoms with Crippen LogP contribution in [0.1, 0.15) is 19.3 Å². The standard InChI is InChI=1S/C18H15NO3/c20-18(13-7-4-8-13)21-14-9-10-15-16(11-14)22-17(19-15)12-5-2-1-3-6-12/h1-3,5-6,9-11,13H,4,7-8H2. The molecule has 0 aliphatic heterocycles. The molecule has 110 valence electrons. The first-order valence-electron chi connectivity index (χ1n) is 7.47. The van der Waals surface area contributed by atoms with Gasteiger partial charge in [0.05, 0.1) is 5.92 Å². The first-order valence-corrected chi connectivity index (χ1v) is 7.47. The average Bonchev–Trinajstić information content (AvgIpc) is 2.89. The third-order valence-corrected chi connectivity index (χ3v) is 4.04. The summed E-state index contributed by atoms with van der Waals surface area (Å²) in [6.07, 6.45) is 2.98. The quantitative estimate of drug-likeness (QED) is 0.536. The number of nitrogens with zero attached hydrogens (tertiary/aromatic N) is 1. The zero-order valence-electron chi connectivity index (χ0n) is 12.0. The minimum absolute atomic E-state index is 0.0605. The Morgan fingerprint density at radius 1 is 1.14 bits per heavy atom. The number of hydrogen-bond acceptors (Lipinski definition) is 4. The van der Waals surface area contributed by atoms with Crippen molar-refractivity contribution in [3.8, 4) is 17.2 Å². The molecule has 1 aliphatic carbocycles. The van der Waals surface area contributed by atoms with Gasteiger partial charge in [0.25, 0.3) is 0 Å². The highest BCUT2D eigenvalue weighted by Crippen LogP contribution is 2.30. The fourth-order valence-electron chi connectivity index (χ4n) is 2.52. The predicted octanol–water partition coefficient (Wildman–Crippen LogP) is 4.20. The molecule has 4 rings (SSSR count). The normalized spacial score (nSPS) is 14.7. The van der Waals surface area contributed by atoms with Crippen LogP contribution in [-0.2, 0) is 4.79 Å². The van der Waals surface area contributed by atoms with E-state index in [1.807, 2.05) is 36.4 Å². The molecule has 0 bridgehead atoms. The fraction of sp³-hybridized carbons (Fsp3) is 0.222. The maximum atomic E-state index is 11.9. The summed E-state index contributed by atoms with van der Waals surface area (Å²) in [7, 11) is 0. The van der Waals surface area contributed by atoms with Crippen molar-refractivity contribution in [3.05, 3.63) is 48.5 Å². The molecule has 3 aromatic rings. The molecule has 1 fully saturated rings. The molecule has 22 heavy (non-hydrogen) atoms. The van der Waals surface area contributed by atoms with Gasteiger partial charge in [-0.05, 0) is 37.1 Å². The van der Waals surface area contributed by atoms with Crippen LogP contribution in [0.25, 0.3) is 22.6 Å². The van der Waals surface area contributed by atoms with E-state index in [9.17, 15) is 4.79 Å². The number of ether oxygens (including phenoxy) is 1. The van der Waals surface area contributed by atoms with E-state index in [1.54, 1.807) is 12.1 Å². The smallest absolute Gasteiger partial charge is 0.314 e. The molecule has 1 heterocycles. The SMILES string of the molecule is O=C(Oc1ccc2nc(-c3ccccc3)oc2c1)C1CCC1. The summed E-state index contributed by atoms with van der Waals surface area (Å²) < 4.78 is 11.2. The van der Waals surface area contributed by atoms with Crippen molar-refractivity contribution in [3.63, 3.8) is 0 Å². The maximum absolute atomic E-state index is 11.9. The molecule has 1 saturated carbocycles. The molecule has 4 heteroatoms. The van der Waals surface area contributed by atoms with Crippen LogP contribution in [0.2, 0.25) is 0 Å². The molecule has 0 atom stereocenters. The van der Waals surface area contributed by atoms with E-state index in [-0.39, 0.29) is 11.9 Å². The highest BCUT2D eigenvalue weighted by molar-refractivity contribution is 5.80. The average molecular weight is 293 g/mol. The van der Waals surface area contributed by atoms with Gasteiger partial charge in [0.15, 0.2) is 5.58 Å². The number of oxazole rings is 1. The summed E-state index contributed by atoms with van der Waals surface area (Å²) in [5, 5.41) is 0. The van der Waals surface area contributed by atoms with Crippen LogP contribution in [0.15, 0.2) is 52.9 Å². The highest BCUT2D eigenvalue weighted by atomic mass is 16.5. The molecule has 1 aromatic heterocycles. The van der Waals surface area contributed by atoms with Gasteiger partial charge in [-0.1, -0.05) is 24.6 Å². The Morgan fingerprint density at radius 2 is 1.95 bits per heavy atom. The van der Waals surface area contributed by atoms with Gasteiger partial charge in [-0.15, -0.1) is 0 Å². The third kappa shape index (κ3) is 2.37. The van der Waals surface area contributed by atoms with Gasteiger partial charge < -0.3 is 9.15 Å². The van der Waals surface area contributed by atoms with E-state index >= 15 is 0 Å². The van der Waals surface area contributed by atoms with E-state index < -0.39 is 0 Å². The van der Waals surface area contributed by atoms with Crippen LogP contribution in [0.5, 0.6) is 5.75 Å². The van der Waals surface area contributed by atoms with Gasteiger partial charge in [0, 0.05) is 11.6 Å². The Hall–Kier alpha value is -2.62. The number of fused-ring (bicyclic) bond motifs is 1. The van der Waals surface area contributed by atoms with E-state index in [2.05, 4.69) is 4.98 Å². The molecule has 0 radical (unpaired) electrons. The van der Waals surface area contributed by atoms with Crippen LogP contribution in [0.3, 0.4) is 0 Å². The lowest BCUT2D eigenvalue weighted by molar-refractivity contribution is -0.141. The summed E-state index contributed by atoms with van der Waals surface area (Å²) in [6, 6.07) is 15.0. The second-order valence-electron chi connectivity index (χ2n) is 5.56. The summed E-state index contributed by atoms with van der Waals surface area (Å²) in [6.45, 7) is 0. The van der Waals surface area contributed by atoms with Gasteiger partial charge >= 0.3 is 5.97 Å². The van der Waals surface area contributed by atoms with Crippen LogP contribution >= 0.6 is 0 Å². The van der Waals surface area contributed by atoms with E-state index in [1.165, 1.54) is 0 Å². The Balaban J connectivity index is 1.62. The Morgan fingerprint density at radius 3 is 2.68 bits per heavy atom. The minimum Gasteiger partial charge on any atom is -0.436 e. The Bertz CT molecular complexity index is 819. The number of esters is 1. The number of aromatic nitrogens is 1. The summed E-state index contributed by atoms with van der Waals surface area (Å²) in [4.78, 5) is 16.3. The Kier molecular flexibility index (Phi) is 3.15. The van der Waals surface area contributed by atoms with Crippen LogP contribution in [0.4, 0.5) is 0 Å². The lowest BCUT2D eigenvalue weighted by Gasteiger charge is -2.22. The summed E-state index contributed by atoms with van der Waals surface area (Å²) in [5.74, 6) is 0.997. The lowest BCUT2D eigenvalue weighted by Crippen LogP contribution is -2.26. The van der Waals surface area contributed by atoms with Gasteiger partial charge in [-0.2, -0.15) is 0 Å². The largest absolute Gasteiger partial charge is 0.436 e. The zero-order valence-corrected chi connectivity index (χ0v) is 12.0. The van der Waals surface area contributed by atoms with Crippen molar-refractivity contribution in [1.82, 2.24) is 4.98 Å². The van der Waals surface area contributed by atoms with E-state index in [0.29, 0.717) is 17.2 Å². The van der Waals surface area contributed by atoms with E-state index in [4.69, 9.17) is 9.15 Å². The number of carbonyl (C=O) groups excluding carboxylic acids is 1. The monoisotopic (exact) mass is 293 g/mol. The number of carbonyl (C=O) groups is 1. The number of rotatable bonds is 3. The van der Waals surface area contributed by atoms with E-state index in [0.717, 1.165) is 30.3 Å². The van der Waals surface area contributed by atoms with Crippen molar-refractivity contribution in [1.29, 1.82) is 0 Å². The molecular formula is C18H15NO3. The first-order chi connectivity index (χ1) is 10.8. The molecule has 1 aliphatic rings. The molecule has 4 nitrogen and oxygen atoms in total. The van der Waals surface area contributed by atoms with Gasteiger partial charge in [-0.25, -0.2) is 4.98 Å². The van der Waals surface area contributed by atoms with Gasteiger partial charge in [-0.3, -0.25) is 4.79 Å². The highest BCUT2D eigenvalue weighted by Gasteiger charge is 2.27. The van der Waals surface area contributed by atoms with Gasteiger partial charge in [0.2, 0.25) is 5.89 Å². The van der Waals surface area contributed by atoms with Crippen molar-refractivity contribution in [2.75, 3.05) is 0 Å². The summed E-state index contributed by atoms with van der Waals surface area (Å²) >= 11 is 0. The van der Waals surface area contributed by atoms with Crippen molar-refractivity contribution in [2.45, 2.75) is 19.3 Å². The molecule has 0 saturated heterocycles. The molecular weight excluding hydrogens is 278 g/mol. The fourth-order valence-corrected chi connectivity index (χ4v) is 2.52. The predicted molar refractivity (Wildman–Crippen MR) is 82.4 cm³/mol. The summed E-state index contributed by atoms with van der Waals surface area (Å²) in [5.41, 5.74) is 2.30. The minimum atomic E-state index is -0.145. The van der Waals surface area contributed by atoms with Crippen molar-refractivity contribution in [2.24, 2.45) is 5.92 Å². The topological polar surface area (TPSA) is 52.3 Å². The second kappa shape index (κ2) is 5.30. The molecule has 2 aromatic carbocycles. The molecule has 0 spiro atoms. The molecule has 0 amide bonds. The third-order valence-electron chi connectivity index (χ3n) is 4.04. The first kappa shape index (κ1) is 13.1. The lowest BCUT2D eigenvalue weighted by atomic mass is 9.86.